The van der Waals surface area contributed by atoms with Crippen molar-refractivity contribution in [1.29, 1.82) is 0 Å². The SMILES string of the molecule is CCCOCCCNc1c(F)c(F)nc(F)c1F. The molecule has 0 saturated heterocycles. The van der Waals surface area contributed by atoms with Gasteiger partial charge in [0.1, 0.15) is 5.69 Å². The molecule has 0 bridgehead atoms. The number of halogens is 4. The Hall–Kier alpha value is -1.37. The largest absolute Gasteiger partial charge is 0.381 e. The van der Waals surface area contributed by atoms with Crippen molar-refractivity contribution >= 4 is 5.69 Å². The number of nitrogens with zero attached hydrogens (tertiary/aromatic N) is 1. The van der Waals surface area contributed by atoms with Crippen molar-refractivity contribution in [1.82, 2.24) is 4.98 Å². The van der Waals surface area contributed by atoms with E-state index in [9.17, 15) is 17.6 Å². The fourth-order valence-electron chi connectivity index (χ4n) is 1.28. The molecular formula is C11H14F4N2O. The highest BCUT2D eigenvalue weighted by Gasteiger charge is 2.19. The van der Waals surface area contributed by atoms with Crippen molar-refractivity contribution in [2.75, 3.05) is 25.1 Å². The summed E-state index contributed by atoms with van der Waals surface area (Å²) in [7, 11) is 0. The van der Waals surface area contributed by atoms with E-state index in [0.717, 1.165) is 6.42 Å². The van der Waals surface area contributed by atoms with E-state index >= 15 is 0 Å². The van der Waals surface area contributed by atoms with Gasteiger partial charge in [-0.1, -0.05) is 6.92 Å². The van der Waals surface area contributed by atoms with Crippen LogP contribution in [-0.2, 0) is 4.74 Å². The van der Waals surface area contributed by atoms with Crippen molar-refractivity contribution in [3.8, 4) is 0 Å². The summed E-state index contributed by atoms with van der Waals surface area (Å²) in [6.07, 6.45) is 1.34. The monoisotopic (exact) mass is 266 g/mol. The summed E-state index contributed by atoms with van der Waals surface area (Å²) in [5.74, 6) is -6.39. The maximum Gasteiger partial charge on any atom is 0.253 e. The highest BCUT2D eigenvalue weighted by molar-refractivity contribution is 5.45. The number of rotatable bonds is 7. The lowest BCUT2D eigenvalue weighted by Gasteiger charge is -2.09. The molecular weight excluding hydrogens is 252 g/mol. The first kappa shape index (κ1) is 14.7. The molecule has 0 radical (unpaired) electrons. The molecule has 1 N–H and O–H groups in total. The normalized spacial score (nSPS) is 10.7. The van der Waals surface area contributed by atoms with E-state index in [2.05, 4.69) is 10.3 Å². The molecule has 0 saturated carbocycles. The smallest absolute Gasteiger partial charge is 0.253 e. The number of pyridine rings is 1. The van der Waals surface area contributed by atoms with E-state index in [1.54, 1.807) is 0 Å². The fraction of sp³-hybridized carbons (Fsp3) is 0.545. The third-order valence-corrected chi connectivity index (χ3v) is 2.11. The van der Waals surface area contributed by atoms with Crippen LogP contribution in [0, 0.1) is 23.5 Å². The van der Waals surface area contributed by atoms with Gasteiger partial charge < -0.3 is 10.1 Å². The summed E-state index contributed by atoms with van der Waals surface area (Å²) in [6, 6.07) is 0. The number of aromatic nitrogens is 1. The Morgan fingerprint density at radius 1 is 1.06 bits per heavy atom. The van der Waals surface area contributed by atoms with Gasteiger partial charge in [-0.25, -0.2) is 0 Å². The summed E-state index contributed by atoms with van der Waals surface area (Å²) >= 11 is 0. The van der Waals surface area contributed by atoms with Crippen LogP contribution in [0.2, 0.25) is 0 Å². The van der Waals surface area contributed by atoms with Gasteiger partial charge in [-0.15, -0.1) is 0 Å². The van der Waals surface area contributed by atoms with Crippen molar-refractivity contribution in [3.05, 3.63) is 23.5 Å². The predicted octanol–water partition coefficient (Wildman–Crippen LogP) is 2.87. The molecule has 7 heteroatoms. The van der Waals surface area contributed by atoms with E-state index in [4.69, 9.17) is 4.74 Å². The summed E-state index contributed by atoms with van der Waals surface area (Å²) in [4.78, 5) is 2.45. The molecule has 1 rings (SSSR count). The maximum absolute atomic E-state index is 13.1. The Kier molecular flexibility index (Phi) is 5.84. The van der Waals surface area contributed by atoms with Crippen LogP contribution in [0.15, 0.2) is 0 Å². The summed E-state index contributed by atoms with van der Waals surface area (Å²) in [5, 5.41) is 2.29. The van der Waals surface area contributed by atoms with E-state index in [0.29, 0.717) is 19.6 Å². The molecule has 1 aromatic rings. The Morgan fingerprint density at radius 3 is 2.22 bits per heavy atom. The van der Waals surface area contributed by atoms with E-state index in [1.165, 1.54) is 0 Å². The van der Waals surface area contributed by atoms with Gasteiger partial charge in [0.25, 0.3) is 11.9 Å². The average Bonchev–Trinajstić information content (AvgIpc) is 2.35. The Labute approximate surface area is 102 Å². The molecule has 102 valence electrons. The molecule has 0 atom stereocenters. The standard InChI is InChI=1S/C11H14F4N2O/c1-2-5-18-6-3-4-16-9-7(12)10(14)17-11(15)8(9)13/h2-6H2,1H3,(H,16,17). The predicted molar refractivity (Wildman–Crippen MR) is 58.3 cm³/mol. The first-order chi connectivity index (χ1) is 8.57. The van der Waals surface area contributed by atoms with Crippen LogP contribution in [0.4, 0.5) is 23.2 Å². The number of ether oxygens (including phenoxy) is 1. The second-order valence-corrected chi connectivity index (χ2v) is 3.59. The number of anilines is 1. The third-order valence-electron chi connectivity index (χ3n) is 2.11. The second-order valence-electron chi connectivity index (χ2n) is 3.59. The summed E-state index contributed by atoms with van der Waals surface area (Å²) in [6.45, 7) is 3.09. The lowest BCUT2D eigenvalue weighted by molar-refractivity contribution is 0.134. The van der Waals surface area contributed by atoms with E-state index < -0.39 is 29.2 Å². The minimum atomic E-state index is -1.67. The topological polar surface area (TPSA) is 34.1 Å². The van der Waals surface area contributed by atoms with Gasteiger partial charge in [0.2, 0.25) is 11.6 Å². The van der Waals surface area contributed by atoms with Crippen LogP contribution in [0.25, 0.3) is 0 Å². The molecule has 0 aliphatic rings. The lowest BCUT2D eigenvalue weighted by atomic mass is 10.3. The highest BCUT2D eigenvalue weighted by Crippen LogP contribution is 2.21. The minimum absolute atomic E-state index is 0.139. The van der Waals surface area contributed by atoms with Crippen LogP contribution < -0.4 is 5.32 Å². The molecule has 0 aliphatic heterocycles. The molecule has 0 fully saturated rings. The van der Waals surface area contributed by atoms with Crippen molar-refractivity contribution in [2.45, 2.75) is 19.8 Å². The zero-order chi connectivity index (χ0) is 13.5. The van der Waals surface area contributed by atoms with E-state index in [1.807, 2.05) is 6.92 Å². The Balaban J connectivity index is 2.52. The first-order valence-electron chi connectivity index (χ1n) is 5.59. The third kappa shape index (κ3) is 3.83. The highest BCUT2D eigenvalue weighted by atomic mass is 19.2. The molecule has 1 aromatic heterocycles. The molecule has 1 heterocycles. The van der Waals surface area contributed by atoms with Gasteiger partial charge in [-0.3, -0.25) is 0 Å². The van der Waals surface area contributed by atoms with Crippen LogP contribution >= 0.6 is 0 Å². The minimum Gasteiger partial charge on any atom is -0.381 e. The lowest BCUT2D eigenvalue weighted by Crippen LogP contribution is -2.12. The van der Waals surface area contributed by atoms with Gasteiger partial charge >= 0.3 is 0 Å². The van der Waals surface area contributed by atoms with Gasteiger partial charge in [0.05, 0.1) is 0 Å². The summed E-state index contributed by atoms with van der Waals surface area (Å²) in [5.41, 5.74) is -0.838. The zero-order valence-corrected chi connectivity index (χ0v) is 9.90. The maximum atomic E-state index is 13.1. The van der Waals surface area contributed by atoms with Crippen molar-refractivity contribution in [3.63, 3.8) is 0 Å². The van der Waals surface area contributed by atoms with Gasteiger partial charge in [0, 0.05) is 19.8 Å². The van der Waals surface area contributed by atoms with Crippen molar-refractivity contribution < 1.29 is 22.3 Å². The molecule has 0 spiro atoms. The van der Waals surface area contributed by atoms with E-state index in [-0.39, 0.29) is 6.54 Å². The van der Waals surface area contributed by atoms with Gasteiger partial charge in [0.15, 0.2) is 0 Å². The molecule has 0 aliphatic carbocycles. The van der Waals surface area contributed by atoms with Crippen LogP contribution in [0.3, 0.4) is 0 Å². The van der Waals surface area contributed by atoms with Crippen molar-refractivity contribution in [2.24, 2.45) is 0 Å². The number of hydrogen-bond acceptors (Lipinski definition) is 3. The Bertz CT molecular complexity index is 375. The van der Waals surface area contributed by atoms with Crippen LogP contribution in [0.5, 0.6) is 0 Å². The molecule has 18 heavy (non-hydrogen) atoms. The molecule has 0 aromatic carbocycles. The quantitative estimate of drug-likeness (QED) is 0.468. The average molecular weight is 266 g/mol. The zero-order valence-electron chi connectivity index (χ0n) is 9.90. The first-order valence-corrected chi connectivity index (χ1v) is 5.59. The molecule has 3 nitrogen and oxygen atoms in total. The molecule has 0 amide bonds. The second kappa shape index (κ2) is 7.15. The van der Waals surface area contributed by atoms with Gasteiger partial charge in [-0.05, 0) is 12.8 Å². The fourth-order valence-corrected chi connectivity index (χ4v) is 1.28. The summed E-state index contributed by atoms with van der Waals surface area (Å²) < 4.78 is 56.9. The van der Waals surface area contributed by atoms with Crippen LogP contribution in [0.1, 0.15) is 19.8 Å². The Morgan fingerprint density at radius 2 is 1.67 bits per heavy atom. The molecule has 0 unspecified atom stereocenters. The van der Waals surface area contributed by atoms with Gasteiger partial charge in [-0.2, -0.15) is 22.5 Å². The number of nitrogens with one attached hydrogen (secondary N) is 1. The van der Waals surface area contributed by atoms with Crippen LogP contribution in [-0.4, -0.2) is 24.7 Å². The number of hydrogen-bond donors (Lipinski definition) is 1.